The predicted molar refractivity (Wildman–Crippen MR) is 138 cm³/mol. The van der Waals surface area contributed by atoms with Gasteiger partial charge < -0.3 is 25.6 Å². The Morgan fingerprint density at radius 1 is 1.06 bits per heavy atom. The fourth-order valence-electron chi connectivity index (χ4n) is 4.29. The van der Waals surface area contributed by atoms with E-state index in [0.717, 1.165) is 54.2 Å². The van der Waals surface area contributed by atoms with Gasteiger partial charge in [0.1, 0.15) is 5.82 Å². The van der Waals surface area contributed by atoms with Crippen molar-refractivity contribution in [3.8, 4) is 0 Å². The highest BCUT2D eigenvalue weighted by Gasteiger charge is 2.19. The van der Waals surface area contributed by atoms with Crippen LogP contribution >= 0.6 is 0 Å². The number of para-hydroxylation sites is 1. The average Bonchev–Trinajstić information content (AvgIpc) is 3.27. The fraction of sp³-hybridized carbons (Fsp3) is 0.269. The smallest absolute Gasteiger partial charge is 0.255 e. The van der Waals surface area contributed by atoms with Gasteiger partial charge in [-0.2, -0.15) is 4.98 Å². The normalized spacial score (nSPS) is 14.3. The van der Waals surface area contributed by atoms with E-state index in [0.29, 0.717) is 23.9 Å². The molecule has 0 aliphatic carbocycles. The molecule has 2 aromatic heterocycles. The molecular weight excluding hydrogens is 442 g/mol. The third-order valence-electron chi connectivity index (χ3n) is 6.17. The van der Waals surface area contributed by atoms with Gasteiger partial charge in [0, 0.05) is 72.8 Å². The van der Waals surface area contributed by atoms with Crippen LogP contribution < -0.4 is 15.5 Å². The molecule has 1 saturated heterocycles. The number of aliphatic hydroxyl groups is 1. The molecule has 180 valence electrons. The number of fused-ring (bicyclic) bond motifs is 1. The number of hydrogen-bond donors (Lipinski definition) is 4. The standard InChI is InChI=1S/C26H29N7O2/c1-18-16-24(31-26(28-18)33-12-10-32(11-13-33)14-15-34)29-20-8-6-19(7-9-20)25(35)30-23-17-27-22-5-3-2-4-21(22)23/h2-9,16-17,27,34H,10-15H2,1H3,(H,30,35)(H,28,29,31). The Morgan fingerprint density at radius 3 is 2.60 bits per heavy atom. The number of β-amino-alcohol motifs (C(OH)–C–C–N with tert-alkyl or cyclic N) is 1. The minimum atomic E-state index is -0.165. The molecule has 1 fully saturated rings. The van der Waals surface area contributed by atoms with Gasteiger partial charge in [-0.1, -0.05) is 18.2 Å². The second-order valence-electron chi connectivity index (χ2n) is 8.65. The molecule has 3 heterocycles. The largest absolute Gasteiger partial charge is 0.395 e. The van der Waals surface area contributed by atoms with Crippen molar-refractivity contribution in [1.82, 2.24) is 19.9 Å². The fourth-order valence-corrected chi connectivity index (χ4v) is 4.29. The van der Waals surface area contributed by atoms with Gasteiger partial charge in [-0.05, 0) is 37.3 Å². The van der Waals surface area contributed by atoms with Crippen molar-refractivity contribution in [1.29, 1.82) is 0 Å². The average molecular weight is 472 g/mol. The van der Waals surface area contributed by atoms with E-state index in [1.54, 1.807) is 18.3 Å². The summed E-state index contributed by atoms with van der Waals surface area (Å²) in [6, 6.07) is 17.1. The Morgan fingerprint density at radius 2 is 1.83 bits per heavy atom. The topological polar surface area (TPSA) is 109 Å². The van der Waals surface area contributed by atoms with Crippen molar-refractivity contribution >= 4 is 40.0 Å². The summed E-state index contributed by atoms with van der Waals surface area (Å²) in [5.41, 5.74) is 4.03. The molecule has 0 spiro atoms. The van der Waals surface area contributed by atoms with Gasteiger partial charge in [0.05, 0.1) is 12.3 Å². The van der Waals surface area contributed by atoms with E-state index in [1.807, 2.05) is 49.4 Å². The lowest BCUT2D eigenvalue weighted by atomic mass is 10.2. The molecule has 0 unspecified atom stereocenters. The zero-order valence-electron chi connectivity index (χ0n) is 19.7. The third kappa shape index (κ3) is 5.26. The zero-order chi connectivity index (χ0) is 24.2. The maximum absolute atomic E-state index is 12.8. The summed E-state index contributed by atoms with van der Waals surface area (Å²) in [7, 11) is 0. The molecular formula is C26H29N7O2. The van der Waals surface area contributed by atoms with Crippen molar-refractivity contribution in [2.24, 2.45) is 0 Å². The number of hydrogen-bond acceptors (Lipinski definition) is 7. The predicted octanol–water partition coefficient (Wildman–Crippen LogP) is 3.38. The molecule has 4 N–H and O–H groups in total. The molecule has 1 aliphatic heterocycles. The van der Waals surface area contributed by atoms with E-state index in [1.165, 1.54) is 0 Å². The first-order valence-electron chi connectivity index (χ1n) is 11.8. The number of aryl methyl sites for hydroxylation is 1. The van der Waals surface area contributed by atoms with Gasteiger partial charge in [-0.25, -0.2) is 4.98 Å². The number of aromatic amines is 1. The van der Waals surface area contributed by atoms with Gasteiger partial charge in [0.15, 0.2) is 0 Å². The second-order valence-corrected chi connectivity index (χ2v) is 8.65. The molecule has 35 heavy (non-hydrogen) atoms. The third-order valence-corrected chi connectivity index (χ3v) is 6.17. The molecule has 0 saturated carbocycles. The first-order chi connectivity index (χ1) is 17.1. The maximum atomic E-state index is 12.8. The van der Waals surface area contributed by atoms with Crippen LogP contribution in [0.2, 0.25) is 0 Å². The Labute approximate surface area is 203 Å². The van der Waals surface area contributed by atoms with E-state index in [9.17, 15) is 4.79 Å². The summed E-state index contributed by atoms with van der Waals surface area (Å²) in [6.45, 7) is 6.23. The number of benzene rings is 2. The molecule has 9 heteroatoms. The summed E-state index contributed by atoms with van der Waals surface area (Å²) in [5, 5.41) is 16.4. The van der Waals surface area contributed by atoms with Crippen LogP contribution in [0, 0.1) is 6.92 Å². The van der Waals surface area contributed by atoms with Crippen molar-refractivity contribution in [3.63, 3.8) is 0 Å². The number of amides is 1. The van der Waals surface area contributed by atoms with Gasteiger partial charge >= 0.3 is 0 Å². The first kappa shape index (κ1) is 22.8. The maximum Gasteiger partial charge on any atom is 0.255 e. The lowest BCUT2D eigenvalue weighted by Gasteiger charge is -2.34. The number of piperazine rings is 1. The monoisotopic (exact) mass is 471 g/mol. The van der Waals surface area contributed by atoms with Crippen LogP contribution in [0.3, 0.4) is 0 Å². The number of nitrogens with one attached hydrogen (secondary N) is 3. The van der Waals surface area contributed by atoms with E-state index < -0.39 is 0 Å². The number of aromatic nitrogens is 3. The summed E-state index contributed by atoms with van der Waals surface area (Å²) in [5.74, 6) is 1.24. The Kier molecular flexibility index (Phi) is 6.60. The minimum Gasteiger partial charge on any atom is -0.395 e. The first-order valence-corrected chi connectivity index (χ1v) is 11.8. The number of rotatable bonds is 7. The van der Waals surface area contributed by atoms with Gasteiger partial charge in [0.2, 0.25) is 5.95 Å². The van der Waals surface area contributed by atoms with Crippen molar-refractivity contribution in [2.75, 3.05) is 54.9 Å². The number of carbonyl (C=O) groups is 1. The number of H-pyrrole nitrogens is 1. The second kappa shape index (κ2) is 10.1. The van der Waals surface area contributed by atoms with Crippen LogP contribution in [0.1, 0.15) is 16.1 Å². The summed E-state index contributed by atoms with van der Waals surface area (Å²) in [6.07, 6.45) is 1.81. The molecule has 9 nitrogen and oxygen atoms in total. The highest BCUT2D eigenvalue weighted by molar-refractivity contribution is 6.09. The SMILES string of the molecule is Cc1cc(Nc2ccc(C(=O)Nc3c[nH]c4ccccc34)cc2)nc(N2CCN(CCO)CC2)n1. The quantitative estimate of drug-likeness (QED) is 0.327. The van der Waals surface area contributed by atoms with Crippen LogP contribution in [-0.2, 0) is 0 Å². The molecule has 5 rings (SSSR count). The molecule has 0 bridgehead atoms. The minimum absolute atomic E-state index is 0.165. The molecule has 4 aromatic rings. The number of carbonyl (C=O) groups excluding carboxylic acids is 1. The molecule has 0 atom stereocenters. The summed E-state index contributed by atoms with van der Waals surface area (Å²) < 4.78 is 0. The van der Waals surface area contributed by atoms with Crippen LogP contribution in [0.25, 0.3) is 10.9 Å². The van der Waals surface area contributed by atoms with Gasteiger partial charge in [-0.15, -0.1) is 0 Å². The van der Waals surface area contributed by atoms with E-state index in [4.69, 9.17) is 10.1 Å². The zero-order valence-corrected chi connectivity index (χ0v) is 19.7. The lowest BCUT2D eigenvalue weighted by molar-refractivity contribution is 0.102. The van der Waals surface area contributed by atoms with Crippen LogP contribution in [0.5, 0.6) is 0 Å². The molecule has 1 amide bonds. The van der Waals surface area contributed by atoms with Crippen LogP contribution in [-0.4, -0.2) is 70.2 Å². The Hall–Kier alpha value is -3.95. The molecule has 0 radical (unpaired) electrons. The number of aliphatic hydroxyl groups excluding tert-OH is 1. The summed E-state index contributed by atoms with van der Waals surface area (Å²) >= 11 is 0. The van der Waals surface area contributed by atoms with E-state index in [-0.39, 0.29) is 12.5 Å². The number of nitrogens with zero attached hydrogens (tertiary/aromatic N) is 4. The van der Waals surface area contributed by atoms with Crippen LogP contribution in [0.15, 0.2) is 60.8 Å². The Bertz CT molecular complexity index is 1310. The van der Waals surface area contributed by atoms with Crippen LogP contribution in [0.4, 0.5) is 23.1 Å². The Balaban J connectivity index is 1.24. The molecule has 1 aliphatic rings. The molecule has 2 aromatic carbocycles. The van der Waals surface area contributed by atoms with Gasteiger partial charge in [0.25, 0.3) is 5.91 Å². The van der Waals surface area contributed by atoms with E-state index in [2.05, 4.69) is 30.4 Å². The lowest BCUT2D eigenvalue weighted by Crippen LogP contribution is -2.47. The summed E-state index contributed by atoms with van der Waals surface area (Å²) in [4.78, 5) is 29.7. The van der Waals surface area contributed by atoms with E-state index >= 15 is 0 Å². The highest BCUT2D eigenvalue weighted by Crippen LogP contribution is 2.24. The highest BCUT2D eigenvalue weighted by atomic mass is 16.3. The van der Waals surface area contributed by atoms with Gasteiger partial charge in [-0.3, -0.25) is 9.69 Å². The van der Waals surface area contributed by atoms with Crippen molar-refractivity contribution in [2.45, 2.75) is 6.92 Å². The number of anilines is 4. The van der Waals surface area contributed by atoms with Crippen molar-refractivity contribution < 1.29 is 9.90 Å². The van der Waals surface area contributed by atoms with Crippen molar-refractivity contribution in [3.05, 3.63) is 72.1 Å².